The van der Waals surface area contributed by atoms with Crippen molar-refractivity contribution in [2.75, 3.05) is 0 Å². The first-order valence-corrected chi connectivity index (χ1v) is 4.06. The van der Waals surface area contributed by atoms with Crippen LogP contribution in [0.1, 0.15) is 0 Å². The van der Waals surface area contributed by atoms with Gasteiger partial charge in [0.1, 0.15) is 11.6 Å². The third-order valence-electron chi connectivity index (χ3n) is 1.78. The fraction of sp³-hybridized carbons (Fsp3) is 0. The van der Waals surface area contributed by atoms with Gasteiger partial charge in [0.05, 0.1) is 5.52 Å². The fourth-order valence-electron chi connectivity index (χ4n) is 1.21. The molecule has 1 nitrogen and oxygen atoms in total. The molecule has 0 amide bonds. The highest BCUT2D eigenvalue weighted by Gasteiger charge is 2.04. The van der Waals surface area contributed by atoms with Crippen molar-refractivity contribution in [1.29, 1.82) is 0 Å². The number of benzene rings is 1. The van der Waals surface area contributed by atoms with Gasteiger partial charge in [0.2, 0.25) is 0 Å². The molecule has 1 heterocycles. The summed E-state index contributed by atoms with van der Waals surface area (Å²) in [5, 5.41) is 0.398. The number of aromatic amines is 1. The van der Waals surface area contributed by atoms with Crippen LogP contribution in [0, 0.1) is 16.1 Å². The minimum absolute atomic E-state index is 0.244. The second kappa shape index (κ2) is 2.88. The van der Waals surface area contributed by atoms with Crippen LogP contribution in [0.5, 0.6) is 0 Å². The molecule has 2 aromatic rings. The SMILES string of the molecule is Fc1cc(F)c2[nH]ccc(=S)c2c1. The number of H-pyrrole nitrogens is 1. The van der Waals surface area contributed by atoms with Gasteiger partial charge in [-0.3, -0.25) is 0 Å². The molecule has 0 aliphatic rings. The van der Waals surface area contributed by atoms with Gasteiger partial charge in [-0.15, -0.1) is 0 Å². The molecule has 13 heavy (non-hydrogen) atoms. The Kier molecular flexibility index (Phi) is 1.84. The average molecular weight is 197 g/mol. The van der Waals surface area contributed by atoms with Crippen LogP contribution in [0.25, 0.3) is 10.9 Å². The molecule has 2 rings (SSSR count). The first-order valence-electron chi connectivity index (χ1n) is 3.65. The Morgan fingerprint density at radius 3 is 2.77 bits per heavy atom. The van der Waals surface area contributed by atoms with Crippen molar-refractivity contribution in [2.45, 2.75) is 0 Å². The van der Waals surface area contributed by atoms with Crippen molar-refractivity contribution in [2.24, 2.45) is 0 Å². The summed E-state index contributed by atoms with van der Waals surface area (Å²) in [6.07, 6.45) is 1.53. The molecule has 4 heteroatoms. The minimum atomic E-state index is -0.623. The highest BCUT2D eigenvalue weighted by atomic mass is 32.1. The van der Waals surface area contributed by atoms with Gasteiger partial charge in [-0.2, -0.15) is 0 Å². The number of rotatable bonds is 0. The lowest BCUT2D eigenvalue weighted by Crippen LogP contribution is -1.86. The quantitative estimate of drug-likeness (QED) is 0.641. The van der Waals surface area contributed by atoms with E-state index in [1.165, 1.54) is 12.3 Å². The van der Waals surface area contributed by atoms with Gasteiger partial charge in [-0.25, -0.2) is 8.78 Å². The Morgan fingerprint density at radius 1 is 1.23 bits per heavy atom. The summed E-state index contributed by atoms with van der Waals surface area (Å²) in [6, 6.07) is 3.64. The number of nitrogens with one attached hydrogen (secondary N) is 1. The predicted molar refractivity (Wildman–Crippen MR) is 49.0 cm³/mol. The summed E-state index contributed by atoms with van der Waals surface area (Å²) in [5.74, 6) is -1.24. The first kappa shape index (κ1) is 8.31. The van der Waals surface area contributed by atoms with Crippen LogP contribution < -0.4 is 0 Å². The number of hydrogen-bond acceptors (Lipinski definition) is 1. The average Bonchev–Trinajstić information content (AvgIpc) is 2.07. The number of hydrogen-bond donors (Lipinski definition) is 1. The molecule has 1 aromatic carbocycles. The molecular weight excluding hydrogens is 192 g/mol. The predicted octanol–water partition coefficient (Wildman–Crippen LogP) is 3.18. The third kappa shape index (κ3) is 1.33. The van der Waals surface area contributed by atoms with Gasteiger partial charge in [0.15, 0.2) is 0 Å². The van der Waals surface area contributed by atoms with Crippen LogP contribution in [-0.4, -0.2) is 4.98 Å². The Labute approximate surface area is 78.0 Å². The van der Waals surface area contributed by atoms with Crippen LogP contribution in [0.15, 0.2) is 24.4 Å². The van der Waals surface area contributed by atoms with Gasteiger partial charge >= 0.3 is 0 Å². The molecule has 0 bridgehead atoms. The van der Waals surface area contributed by atoms with Crippen molar-refractivity contribution in [3.63, 3.8) is 0 Å². The molecule has 1 N–H and O–H groups in total. The number of fused-ring (bicyclic) bond motifs is 1. The zero-order valence-electron chi connectivity index (χ0n) is 6.47. The molecule has 0 radical (unpaired) electrons. The van der Waals surface area contributed by atoms with E-state index < -0.39 is 11.6 Å². The van der Waals surface area contributed by atoms with Crippen molar-refractivity contribution in [3.8, 4) is 0 Å². The Morgan fingerprint density at radius 2 is 2.00 bits per heavy atom. The lowest BCUT2D eigenvalue weighted by Gasteiger charge is -1.99. The fourth-order valence-corrected chi connectivity index (χ4v) is 1.43. The molecule has 0 aliphatic heterocycles. The molecule has 0 saturated heterocycles. The molecule has 0 aliphatic carbocycles. The van der Waals surface area contributed by atoms with Crippen LogP contribution in [-0.2, 0) is 0 Å². The summed E-state index contributed by atoms with van der Waals surface area (Å²) in [4.78, 5) is 2.68. The van der Waals surface area contributed by atoms with Gasteiger partial charge in [0, 0.05) is 22.2 Å². The number of pyridine rings is 1. The summed E-state index contributed by atoms with van der Waals surface area (Å²) in [6.45, 7) is 0. The van der Waals surface area contributed by atoms with E-state index in [1.54, 1.807) is 6.07 Å². The Hall–Kier alpha value is -1.29. The minimum Gasteiger partial charge on any atom is -0.359 e. The normalized spacial score (nSPS) is 10.6. The van der Waals surface area contributed by atoms with Crippen molar-refractivity contribution >= 4 is 23.1 Å². The van der Waals surface area contributed by atoms with E-state index in [0.29, 0.717) is 9.90 Å². The monoisotopic (exact) mass is 197 g/mol. The molecule has 66 valence electrons. The zero-order chi connectivity index (χ0) is 9.42. The summed E-state index contributed by atoms with van der Waals surface area (Å²) in [5.41, 5.74) is 0.244. The lowest BCUT2D eigenvalue weighted by atomic mass is 10.2. The van der Waals surface area contributed by atoms with Crippen molar-refractivity contribution in [1.82, 2.24) is 4.98 Å². The highest BCUT2D eigenvalue weighted by molar-refractivity contribution is 7.71. The summed E-state index contributed by atoms with van der Waals surface area (Å²) >= 11 is 4.92. The van der Waals surface area contributed by atoms with Crippen molar-refractivity contribution < 1.29 is 8.78 Å². The summed E-state index contributed by atoms with van der Waals surface area (Å²) in [7, 11) is 0. The maximum atomic E-state index is 13.1. The topological polar surface area (TPSA) is 15.8 Å². The van der Waals surface area contributed by atoms with Crippen LogP contribution in [0.3, 0.4) is 0 Å². The zero-order valence-corrected chi connectivity index (χ0v) is 7.29. The molecule has 0 atom stereocenters. The van der Waals surface area contributed by atoms with Crippen LogP contribution in [0.2, 0.25) is 0 Å². The van der Waals surface area contributed by atoms with E-state index in [4.69, 9.17) is 12.2 Å². The first-order chi connectivity index (χ1) is 6.18. The standard InChI is InChI=1S/C9H5F2NS/c10-5-3-6-8(13)1-2-12-9(6)7(11)4-5/h1-4H,(H,12,13). The lowest BCUT2D eigenvalue weighted by molar-refractivity contribution is 0.590. The van der Waals surface area contributed by atoms with Gasteiger partial charge in [-0.1, -0.05) is 12.2 Å². The van der Waals surface area contributed by atoms with E-state index in [0.717, 1.165) is 6.07 Å². The Balaban J connectivity index is 3.03. The van der Waals surface area contributed by atoms with E-state index in [-0.39, 0.29) is 5.52 Å². The number of halogens is 2. The smallest absolute Gasteiger partial charge is 0.150 e. The van der Waals surface area contributed by atoms with E-state index in [2.05, 4.69) is 4.98 Å². The van der Waals surface area contributed by atoms with E-state index in [1.807, 2.05) is 0 Å². The van der Waals surface area contributed by atoms with Gasteiger partial charge in [0.25, 0.3) is 0 Å². The summed E-state index contributed by atoms with van der Waals surface area (Å²) < 4.78 is 26.3. The molecule has 0 fully saturated rings. The largest absolute Gasteiger partial charge is 0.359 e. The molecule has 1 aromatic heterocycles. The van der Waals surface area contributed by atoms with Gasteiger partial charge < -0.3 is 4.98 Å². The molecule has 0 spiro atoms. The van der Waals surface area contributed by atoms with Crippen molar-refractivity contribution in [3.05, 3.63) is 40.5 Å². The van der Waals surface area contributed by atoms with E-state index >= 15 is 0 Å². The molecule has 0 saturated carbocycles. The second-order valence-corrected chi connectivity index (χ2v) is 3.09. The maximum Gasteiger partial charge on any atom is 0.150 e. The van der Waals surface area contributed by atoms with Crippen LogP contribution >= 0.6 is 12.2 Å². The molecule has 0 unspecified atom stereocenters. The molecular formula is C9H5F2NS. The maximum absolute atomic E-state index is 13.1. The van der Waals surface area contributed by atoms with Crippen LogP contribution in [0.4, 0.5) is 8.78 Å². The highest BCUT2D eigenvalue weighted by Crippen LogP contribution is 2.17. The van der Waals surface area contributed by atoms with Gasteiger partial charge in [-0.05, 0) is 12.1 Å². The number of aromatic nitrogens is 1. The third-order valence-corrected chi connectivity index (χ3v) is 2.14. The second-order valence-electron chi connectivity index (χ2n) is 2.65. The van der Waals surface area contributed by atoms with E-state index in [9.17, 15) is 8.78 Å². The Bertz CT molecular complexity index is 518.